The zero-order valence-electron chi connectivity index (χ0n) is 7.71. The average Bonchev–Trinajstić information content (AvgIpc) is 2.03. The fourth-order valence-corrected chi connectivity index (χ4v) is 1.78. The van der Waals surface area contributed by atoms with E-state index < -0.39 is 5.91 Å². The summed E-state index contributed by atoms with van der Waals surface area (Å²) in [6.07, 6.45) is 2.70. The molecule has 0 saturated carbocycles. The van der Waals surface area contributed by atoms with Crippen LogP contribution in [-0.2, 0) is 4.74 Å². The van der Waals surface area contributed by atoms with Gasteiger partial charge in [0.2, 0.25) is 5.91 Å². The van der Waals surface area contributed by atoms with Crippen LogP contribution in [0.15, 0.2) is 0 Å². The minimum absolute atomic E-state index is 0.0738. The van der Waals surface area contributed by atoms with Gasteiger partial charge in [-0.25, -0.2) is 5.43 Å². The van der Waals surface area contributed by atoms with Gasteiger partial charge in [-0.1, -0.05) is 13.3 Å². The number of hydrogen-bond acceptors (Lipinski definition) is 4. The van der Waals surface area contributed by atoms with Gasteiger partial charge in [0.1, 0.15) is 0 Å². The number of hydrazine groups is 1. The Morgan fingerprint density at radius 3 is 2.92 bits per heavy atom. The van der Waals surface area contributed by atoms with Crippen molar-refractivity contribution in [2.75, 3.05) is 0 Å². The highest BCUT2D eigenvalue weighted by Gasteiger charge is 2.37. The Balaban J connectivity index is 2.56. The highest BCUT2D eigenvalue weighted by Crippen LogP contribution is 2.30. The highest BCUT2D eigenvalue weighted by atomic mass is 16.7. The van der Waals surface area contributed by atoms with Crippen LogP contribution in [-0.4, -0.2) is 17.1 Å². The number of hydrogen-bond donors (Lipinski definition) is 3. The second-order valence-electron chi connectivity index (χ2n) is 3.57. The summed E-state index contributed by atoms with van der Waals surface area (Å²) in [6, 6.07) is 0. The Morgan fingerprint density at radius 2 is 2.42 bits per heavy atom. The van der Waals surface area contributed by atoms with Gasteiger partial charge < -0.3 is 9.84 Å². The van der Waals surface area contributed by atoms with Crippen LogP contribution < -0.4 is 11.3 Å². The molecule has 0 aromatic heterocycles. The maximum Gasteiger partial charge on any atom is 0.237 e. The zero-order chi connectivity index (χ0) is 9.19. The first-order chi connectivity index (χ1) is 5.59. The topological polar surface area (TPSA) is 67.5 Å². The van der Waals surface area contributed by atoms with Gasteiger partial charge in [-0.15, -0.1) is 0 Å². The predicted octanol–water partition coefficient (Wildman–Crippen LogP) is 0.321. The largest absolute Gasteiger partial charge is 0.352 e. The van der Waals surface area contributed by atoms with Crippen molar-refractivity contribution < 1.29 is 9.84 Å². The quantitative estimate of drug-likeness (QED) is 0.320. The van der Waals surface area contributed by atoms with Gasteiger partial charge in [0.25, 0.3) is 0 Å². The van der Waals surface area contributed by atoms with Gasteiger partial charge in [0.05, 0.1) is 6.10 Å². The molecule has 0 radical (unpaired) electrons. The molecule has 4 N–H and O–H groups in total. The van der Waals surface area contributed by atoms with E-state index in [-0.39, 0.29) is 6.10 Å². The van der Waals surface area contributed by atoms with E-state index in [0.29, 0.717) is 12.3 Å². The molecule has 3 atom stereocenters. The molecule has 0 bridgehead atoms. The lowest BCUT2D eigenvalue weighted by molar-refractivity contribution is -0.279. The lowest BCUT2D eigenvalue weighted by atomic mass is 9.91. The fourth-order valence-electron chi connectivity index (χ4n) is 1.78. The average molecular weight is 174 g/mol. The lowest BCUT2D eigenvalue weighted by Crippen LogP contribution is -2.56. The monoisotopic (exact) mass is 174 g/mol. The molecule has 3 unspecified atom stereocenters. The molecule has 0 spiro atoms. The predicted molar refractivity (Wildman–Crippen MR) is 45.8 cm³/mol. The van der Waals surface area contributed by atoms with Crippen molar-refractivity contribution in [3.8, 4) is 0 Å². The third-order valence-electron chi connectivity index (χ3n) is 2.43. The molecule has 1 aliphatic heterocycles. The first kappa shape index (κ1) is 9.92. The van der Waals surface area contributed by atoms with Gasteiger partial charge in [0, 0.05) is 6.42 Å². The molecule has 4 heteroatoms. The molecule has 1 heterocycles. The summed E-state index contributed by atoms with van der Waals surface area (Å²) >= 11 is 0. The molecule has 72 valence electrons. The molecule has 1 saturated heterocycles. The van der Waals surface area contributed by atoms with Crippen molar-refractivity contribution in [1.82, 2.24) is 5.43 Å². The van der Waals surface area contributed by atoms with Crippen LogP contribution in [0, 0.1) is 5.92 Å². The minimum Gasteiger partial charge on any atom is -0.352 e. The maximum atomic E-state index is 9.69. The van der Waals surface area contributed by atoms with Crippen molar-refractivity contribution in [2.45, 2.75) is 45.1 Å². The molecular weight excluding hydrogens is 156 g/mol. The third kappa shape index (κ3) is 2.17. The number of rotatable bonds is 2. The lowest BCUT2D eigenvalue weighted by Gasteiger charge is -2.39. The number of nitrogens with two attached hydrogens (primary N) is 1. The second kappa shape index (κ2) is 3.70. The van der Waals surface area contributed by atoms with Gasteiger partial charge in [-0.2, -0.15) is 0 Å². The summed E-state index contributed by atoms with van der Waals surface area (Å²) in [7, 11) is 0. The second-order valence-corrected chi connectivity index (χ2v) is 3.57. The summed E-state index contributed by atoms with van der Waals surface area (Å²) in [5.41, 5.74) is 2.31. The van der Waals surface area contributed by atoms with E-state index in [0.717, 1.165) is 12.8 Å². The van der Waals surface area contributed by atoms with Crippen molar-refractivity contribution in [3.05, 3.63) is 0 Å². The van der Waals surface area contributed by atoms with Crippen molar-refractivity contribution in [3.63, 3.8) is 0 Å². The summed E-state index contributed by atoms with van der Waals surface area (Å²) in [5.74, 6) is 4.38. The molecule has 0 amide bonds. The van der Waals surface area contributed by atoms with Crippen LogP contribution in [0.2, 0.25) is 0 Å². The van der Waals surface area contributed by atoms with Crippen LogP contribution in [0.3, 0.4) is 0 Å². The van der Waals surface area contributed by atoms with Crippen LogP contribution in [0.25, 0.3) is 0 Å². The number of nitrogens with one attached hydrogen (secondary N) is 1. The van der Waals surface area contributed by atoms with Crippen molar-refractivity contribution in [2.24, 2.45) is 11.8 Å². The molecule has 12 heavy (non-hydrogen) atoms. The molecule has 1 aliphatic rings. The summed E-state index contributed by atoms with van der Waals surface area (Å²) < 4.78 is 5.27. The standard InChI is InChI=1S/C8H18N2O2/c1-3-7-4-6(2)12-8(11,5-7)10-9/h6-7,10-11H,3-5,9H2,1-2H3. The van der Waals surface area contributed by atoms with Gasteiger partial charge in [-0.05, 0) is 19.3 Å². The minimum atomic E-state index is -1.31. The number of aliphatic hydroxyl groups is 1. The SMILES string of the molecule is CCC1CC(C)OC(O)(NN)C1. The fraction of sp³-hybridized carbons (Fsp3) is 1.00. The summed E-state index contributed by atoms with van der Waals surface area (Å²) in [6.45, 7) is 4.06. The highest BCUT2D eigenvalue weighted by molar-refractivity contribution is 4.76. The summed E-state index contributed by atoms with van der Waals surface area (Å²) in [4.78, 5) is 0. The molecule has 0 aromatic carbocycles. The van der Waals surface area contributed by atoms with E-state index in [2.05, 4.69) is 12.3 Å². The normalized spacial score (nSPS) is 43.0. The zero-order valence-corrected chi connectivity index (χ0v) is 7.71. The summed E-state index contributed by atoms with van der Waals surface area (Å²) in [5, 5.41) is 9.69. The van der Waals surface area contributed by atoms with Crippen LogP contribution >= 0.6 is 0 Å². The Bertz CT molecular complexity index is 154. The van der Waals surface area contributed by atoms with E-state index in [1.165, 1.54) is 0 Å². The Hall–Kier alpha value is -0.160. The van der Waals surface area contributed by atoms with Crippen LogP contribution in [0.4, 0.5) is 0 Å². The first-order valence-corrected chi connectivity index (χ1v) is 4.47. The van der Waals surface area contributed by atoms with Crippen LogP contribution in [0.1, 0.15) is 33.1 Å². The van der Waals surface area contributed by atoms with E-state index in [4.69, 9.17) is 10.6 Å². The van der Waals surface area contributed by atoms with Gasteiger partial charge >= 0.3 is 0 Å². The molecule has 4 nitrogen and oxygen atoms in total. The molecule has 0 aliphatic carbocycles. The Morgan fingerprint density at radius 1 is 1.75 bits per heavy atom. The van der Waals surface area contributed by atoms with Crippen molar-refractivity contribution >= 4 is 0 Å². The third-order valence-corrected chi connectivity index (χ3v) is 2.43. The van der Waals surface area contributed by atoms with E-state index >= 15 is 0 Å². The Kier molecular flexibility index (Phi) is 3.06. The van der Waals surface area contributed by atoms with E-state index in [1.54, 1.807) is 0 Å². The maximum absolute atomic E-state index is 9.69. The smallest absolute Gasteiger partial charge is 0.237 e. The molecule has 1 rings (SSSR count). The Labute approximate surface area is 73.1 Å². The number of ether oxygens (including phenoxy) is 1. The molecule has 0 aromatic rings. The van der Waals surface area contributed by atoms with Crippen LogP contribution in [0.5, 0.6) is 0 Å². The van der Waals surface area contributed by atoms with Crippen molar-refractivity contribution in [1.29, 1.82) is 0 Å². The van der Waals surface area contributed by atoms with Gasteiger partial charge in [-0.3, -0.25) is 5.84 Å². The van der Waals surface area contributed by atoms with E-state index in [9.17, 15) is 5.11 Å². The first-order valence-electron chi connectivity index (χ1n) is 4.47. The van der Waals surface area contributed by atoms with Gasteiger partial charge in [0.15, 0.2) is 0 Å². The van der Waals surface area contributed by atoms with E-state index in [1.807, 2.05) is 6.92 Å². The molecule has 1 fully saturated rings. The molecular formula is C8H18N2O2.